The first-order valence-corrected chi connectivity index (χ1v) is 8.17. The quantitative estimate of drug-likeness (QED) is 0.452. The van der Waals surface area contributed by atoms with E-state index in [1.807, 2.05) is 28.9 Å². The van der Waals surface area contributed by atoms with E-state index in [9.17, 15) is 0 Å². The van der Waals surface area contributed by atoms with Crippen LogP contribution in [0.3, 0.4) is 0 Å². The van der Waals surface area contributed by atoms with E-state index in [0.717, 1.165) is 33.4 Å². The molecule has 3 aromatic heterocycles. The fraction of sp³-hybridized carbons (Fsp3) is 0.0476. The average molecular weight is 325 g/mol. The summed E-state index contributed by atoms with van der Waals surface area (Å²) in [6, 6.07) is 18.7. The van der Waals surface area contributed by atoms with E-state index in [1.165, 1.54) is 5.56 Å². The number of hydrogen-bond donors (Lipinski definition) is 0. The Labute approximate surface area is 144 Å². The van der Waals surface area contributed by atoms with Crippen LogP contribution in [0, 0.1) is 6.92 Å². The normalized spacial score (nSPS) is 11.4. The van der Waals surface area contributed by atoms with Crippen LogP contribution in [0.2, 0.25) is 0 Å². The van der Waals surface area contributed by atoms with Crippen molar-refractivity contribution in [3.63, 3.8) is 0 Å². The minimum Gasteiger partial charge on any atom is -0.432 e. The number of fused-ring (bicyclic) bond motifs is 2. The summed E-state index contributed by atoms with van der Waals surface area (Å²) in [5.74, 6) is 0.595. The monoisotopic (exact) mass is 325 g/mol. The first-order chi connectivity index (χ1) is 12.3. The number of benzene rings is 2. The highest BCUT2D eigenvalue weighted by atomic mass is 16.3. The molecule has 0 spiro atoms. The lowest BCUT2D eigenvalue weighted by molar-refractivity contribution is 0.596. The highest BCUT2D eigenvalue weighted by molar-refractivity contribution is 5.88. The third-order valence-corrected chi connectivity index (χ3v) is 4.43. The second-order valence-electron chi connectivity index (χ2n) is 6.14. The minimum atomic E-state index is 0.595. The van der Waals surface area contributed by atoms with Crippen molar-refractivity contribution in [1.82, 2.24) is 14.4 Å². The second-order valence-corrected chi connectivity index (χ2v) is 6.14. The van der Waals surface area contributed by atoms with Gasteiger partial charge in [0.05, 0.1) is 11.2 Å². The van der Waals surface area contributed by atoms with Gasteiger partial charge in [0.25, 0.3) is 0 Å². The molecular formula is C21H15N3O. The molecule has 0 fully saturated rings. The van der Waals surface area contributed by atoms with Crippen molar-refractivity contribution in [1.29, 1.82) is 0 Å². The molecule has 0 N–H and O–H groups in total. The molecule has 2 aromatic carbocycles. The Morgan fingerprint density at radius 3 is 2.84 bits per heavy atom. The van der Waals surface area contributed by atoms with Crippen LogP contribution in [0.4, 0.5) is 0 Å². The Hall–Kier alpha value is -3.40. The number of aryl methyl sites for hydroxylation is 1. The third kappa shape index (κ3) is 2.22. The highest BCUT2D eigenvalue weighted by Crippen LogP contribution is 2.34. The first-order valence-electron chi connectivity index (χ1n) is 8.17. The Morgan fingerprint density at radius 1 is 0.960 bits per heavy atom. The number of imidazole rings is 1. The summed E-state index contributed by atoms with van der Waals surface area (Å²) in [5, 5.41) is 1.11. The summed E-state index contributed by atoms with van der Waals surface area (Å²) >= 11 is 0. The molecule has 4 heteroatoms. The van der Waals surface area contributed by atoms with Gasteiger partial charge in [0, 0.05) is 28.9 Å². The van der Waals surface area contributed by atoms with Gasteiger partial charge in [-0.3, -0.25) is 9.38 Å². The van der Waals surface area contributed by atoms with E-state index in [4.69, 9.17) is 9.40 Å². The lowest BCUT2D eigenvalue weighted by atomic mass is 10.0. The minimum absolute atomic E-state index is 0.595. The lowest BCUT2D eigenvalue weighted by Crippen LogP contribution is -1.89. The summed E-state index contributed by atoms with van der Waals surface area (Å²) in [6.07, 6.45) is 5.38. The van der Waals surface area contributed by atoms with Gasteiger partial charge in [-0.25, -0.2) is 0 Å². The van der Waals surface area contributed by atoms with Gasteiger partial charge in [-0.05, 0) is 31.2 Å². The number of rotatable bonds is 2. The van der Waals surface area contributed by atoms with Gasteiger partial charge >= 0.3 is 5.84 Å². The van der Waals surface area contributed by atoms with Crippen LogP contribution in [0.15, 0.2) is 77.7 Å². The van der Waals surface area contributed by atoms with Gasteiger partial charge in [-0.15, -0.1) is 0 Å². The van der Waals surface area contributed by atoms with E-state index in [2.05, 4.69) is 54.4 Å². The zero-order valence-electron chi connectivity index (χ0n) is 13.7. The smallest absolute Gasteiger partial charge is 0.306 e. The van der Waals surface area contributed by atoms with Crippen LogP contribution < -0.4 is 0 Å². The van der Waals surface area contributed by atoms with Gasteiger partial charge in [0.2, 0.25) is 0 Å². The van der Waals surface area contributed by atoms with Crippen molar-refractivity contribution in [2.45, 2.75) is 6.92 Å². The Kier molecular flexibility index (Phi) is 2.97. The topological polar surface area (TPSA) is 43.3 Å². The SMILES string of the molecule is Cc1cccc(-c2nc3occn3c2-c2ccc3ncccc3c2)c1. The van der Waals surface area contributed by atoms with Crippen molar-refractivity contribution in [3.8, 4) is 22.5 Å². The van der Waals surface area contributed by atoms with Crippen LogP contribution in [-0.4, -0.2) is 14.4 Å². The molecule has 0 unspecified atom stereocenters. The zero-order valence-corrected chi connectivity index (χ0v) is 13.7. The molecular weight excluding hydrogens is 310 g/mol. The Morgan fingerprint density at radius 2 is 1.92 bits per heavy atom. The summed E-state index contributed by atoms with van der Waals surface area (Å²) in [4.78, 5) is 9.13. The molecule has 5 aromatic rings. The second kappa shape index (κ2) is 5.31. The lowest BCUT2D eigenvalue weighted by Gasteiger charge is -2.07. The maximum Gasteiger partial charge on any atom is 0.306 e. The van der Waals surface area contributed by atoms with E-state index in [-0.39, 0.29) is 0 Å². The number of oxazole rings is 1. The van der Waals surface area contributed by atoms with Crippen molar-refractivity contribution in [2.75, 3.05) is 0 Å². The molecule has 0 atom stereocenters. The maximum atomic E-state index is 5.54. The zero-order chi connectivity index (χ0) is 16.8. The summed E-state index contributed by atoms with van der Waals surface area (Å²) in [6.45, 7) is 2.09. The number of aromatic nitrogens is 3. The highest BCUT2D eigenvalue weighted by Gasteiger charge is 2.18. The van der Waals surface area contributed by atoms with Crippen LogP contribution in [0.25, 0.3) is 39.3 Å². The van der Waals surface area contributed by atoms with Gasteiger partial charge in [0.1, 0.15) is 12.0 Å². The first kappa shape index (κ1) is 14.0. The Bertz CT molecular complexity index is 1220. The maximum absolute atomic E-state index is 5.54. The van der Waals surface area contributed by atoms with Crippen molar-refractivity contribution >= 4 is 16.7 Å². The Balaban J connectivity index is 1.81. The summed E-state index contributed by atoms with van der Waals surface area (Å²) in [5.41, 5.74) is 6.31. The number of hydrogen-bond acceptors (Lipinski definition) is 3. The molecule has 0 radical (unpaired) electrons. The predicted octanol–water partition coefficient (Wildman–Crippen LogP) is 5.12. The van der Waals surface area contributed by atoms with E-state index in [0.29, 0.717) is 5.84 Å². The molecule has 120 valence electrons. The number of pyridine rings is 1. The molecule has 0 saturated carbocycles. The number of nitrogens with zero attached hydrogens (tertiary/aromatic N) is 3. The molecule has 0 aliphatic rings. The standard InChI is InChI=1S/C21H15N3O/c1-14-4-2-5-16(12-14)19-20(24-10-11-25-21(24)23-19)17-7-8-18-15(13-17)6-3-9-22-18/h2-13H,1H3. The third-order valence-electron chi connectivity index (χ3n) is 4.43. The van der Waals surface area contributed by atoms with Crippen LogP contribution >= 0.6 is 0 Å². The summed E-state index contributed by atoms with van der Waals surface area (Å²) < 4.78 is 7.53. The molecule has 0 aliphatic heterocycles. The van der Waals surface area contributed by atoms with Gasteiger partial charge in [-0.1, -0.05) is 35.9 Å². The fourth-order valence-electron chi connectivity index (χ4n) is 3.28. The molecule has 25 heavy (non-hydrogen) atoms. The molecule has 5 rings (SSSR count). The molecule has 0 saturated heterocycles. The largest absolute Gasteiger partial charge is 0.432 e. The van der Waals surface area contributed by atoms with Crippen LogP contribution in [0.5, 0.6) is 0 Å². The van der Waals surface area contributed by atoms with Crippen molar-refractivity contribution < 1.29 is 4.42 Å². The molecule has 0 bridgehead atoms. The molecule has 0 aliphatic carbocycles. The van der Waals surface area contributed by atoms with Gasteiger partial charge in [-0.2, -0.15) is 4.98 Å². The van der Waals surface area contributed by atoms with Crippen molar-refractivity contribution in [3.05, 3.63) is 78.8 Å². The molecule has 4 nitrogen and oxygen atoms in total. The molecule has 3 heterocycles. The average Bonchev–Trinajstić information content (AvgIpc) is 3.22. The van der Waals surface area contributed by atoms with Gasteiger partial charge in [0.15, 0.2) is 0 Å². The van der Waals surface area contributed by atoms with E-state index in [1.54, 1.807) is 6.26 Å². The van der Waals surface area contributed by atoms with E-state index < -0.39 is 0 Å². The van der Waals surface area contributed by atoms with E-state index >= 15 is 0 Å². The van der Waals surface area contributed by atoms with Crippen molar-refractivity contribution in [2.24, 2.45) is 0 Å². The predicted molar refractivity (Wildman–Crippen MR) is 98.4 cm³/mol. The summed E-state index contributed by atoms with van der Waals surface area (Å²) in [7, 11) is 0. The molecule has 0 amide bonds. The van der Waals surface area contributed by atoms with Crippen LogP contribution in [0.1, 0.15) is 5.56 Å². The van der Waals surface area contributed by atoms with Gasteiger partial charge < -0.3 is 4.42 Å². The van der Waals surface area contributed by atoms with Crippen LogP contribution in [-0.2, 0) is 0 Å². The fourth-order valence-corrected chi connectivity index (χ4v) is 3.28.